The third-order valence-electron chi connectivity index (χ3n) is 5.69. The second kappa shape index (κ2) is 4.10. The van der Waals surface area contributed by atoms with Gasteiger partial charge in [-0.05, 0) is 47.9 Å². The number of hydrogen-bond donors (Lipinski definition) is 1. The van der Waals surface area contributed by atoms with Crippen molar-refractivity contribution in [1.82, 2.24) is 10.2 Å². The van der Waals surface area contributed by atoms with Crippen LogP contribution in [0.4, 0.5) is 8.78 Å². The van der Waals surface area contributed by atoms with E-state index in [0.29, 0.717) is 0 Å². The van der Waals surface area contributed by atoms with Crippen molar-refractivity contribution < 1.29 is 8.78 Å². The third-order valence-corrected chi connectivity index (χ3v) is 5.69. The monoisotopic (exact) mass is 301 g/mol. The van der Waals surface area contributed by atoms with Crippen LogP contribution in [0.25, 0.3) is 11.3 Å². The fraction of sp³-hybridized carbons (Fsp3) is 0.412. The van der Waals surface area contributed by atoms with Crippen LogP contribution >= 0.6 is 0 Å². The van der Waals surface area contributed by atoms with Gasteiger partial charge in [-0.1, -0.05) is 19.9 Å². The average molecular weight is 301 g/mol. The van der Waals surface area contributed by atoms with E-state index < -0.39 is 17.2 Å². The van der Waals surface area contributed by atoms with Gasteiger partial charge in [-0.3, -0.25) is 0 Å². The van der Waals surface area contributed by atoms with Crippen LogP contribution in [-0.4, -0.2) is 10.2 Å². The van der Waals surface area contributed by atoms with Gasteiger partial charge in [-0.25, -0.2) is 8.78 Å². The molecule has 2 bridgehead atoms. The summed E-state index contributed by atoms with van der Waals surface area (Å²) in [6, 6.07) is 5.57. The lowest BCUT2D eigenvalue weighted by molar-refractivity contribution is 0.212. The zero-order valence-electron chi connectivity index (χ0n) is 12.5. The second-order valence-electron chi connectivity index (χ2n) is 6.91. The molecule has 2 N–H and O–H groups in total. The zero-order chi connectivity index (χ0) is 15.7. The highest BCUT2D eigenvalue weighted by Gasteiger charge is 2.61. The van der Waals surface area contributed by atoms with Crippen molar-refractivity contribution >= 4 is 0 Å². The molecule has 1 fully saturated rings. The first-order chi connectivity index (χ1) is 10.4. The molecule has 0 saturated heterocycles. The highest BCUT2D eigenvalue weighted by Crippen LogP contribution is 2.64. The average Bonchev–Trinajstić information content (AvgIpc) is 2.78. The summed E-state index contributed by atoms with van der Waals surface area (Å²) in [5.41, 5.74) is 7.87. The first kappa shape index (κ1) is 13.8. The van der Waals surface area contributed by atoms with Gasteiger partial charge in [0.05, 0.1) is 22.5 Å². The van der Waals surface area contributed by atoms with Gasteiger partial charge in [-0.15, -0.1) is 5.10 Å². The molecule has 114 valence electrons. The van der Waals surface area contributed by atoms with Gasteiger partial charge >= 0.3 is 0 Å². The molecule has 2 aromatic rings. The molecule has 0 radical (unpaired) electrons. The minimum atomic E-state index is -0.626. The summed E-state index contributed by atoms with van der Waals surface area (Å²) in [7, 11) is 0. The third kappa shape index (κ3) is 1.47. The maximum atomic E-state index is 14.0. The summed E-state index contributed by atoms with van der Waals surface area (Å²) >= 11 is 0. The largest absolute Gasteiger partial charge is 0.320 e. The fourth-order valence-corrected chi connectivity index (χ4v) is 4.22. The Morgan fingerprint density at radius 2 is 1.86 bits per heavy atom. The smallest absolute Gasteiger partial charge is 0.135 e. The molecule has 5 heteroatoms. The van der Waals surface area contributed by atoms with Crippen molar-refractivity contribution in [2.75, 3.05) is 0 Å². The van der Waals surface area contributed by atoms with Gasteiger partial charge in [0.2, 0.25) is 0 Å². The van der Waals surface area contributed by atoms with Crippen molar-refractivity contribution in [2.24, 2.45) is 11.1 Å². The second-order valence-corrected chi connectivity index (χ2v) is 6.91. The van der Waals surface area contributed by atoms with E-state index in [-0.39, 0.29) is 22.6 Å². The van der Waals surface area contributed by atoms with Gasteiger partial charge in [0, 0.05) is 0 Å². The lowest BCUT2D eigenvalue weighted by Crippen LogP contribution is -2.44. The number of benzene rings is 1. The SMILES string of the molecule is CC1(C)[C@@H]2CC[C@@]1(N)c1nnc(-c3c(F)cccc3F)cc12. The molecule has 3 nitrogen and oxygen atoms in total. The van der Waals surface area contributed by atoms with Crippen LogP contribution in [0.3, 0.4) is 0 Å². The Balaban J connectivity index is 1.92. The van der Waals surface area contributed by atoms with E-state index in [0.717, 1.165) is 24.1 Å². The molecule has 1 heterocycles. The van der Waals surface area contributed by atoms with Crippen LogP contribution in [0, 0.1) is 17.0 Å². The Labute approximate surface area is 127 Å². The van der Waals surface area contributed by atoms with Crippen LogP contribution in [0.2, 0.25) is 0 Å². The number of aromatic nitrogens is 2. The van der Waals surface area contributed by atoms with Crippen LogP contribution in [-0.2, 0) is 5.54 Å². The number of halogens is 2. The van der Waals surface area contributed by atoms with Crippen molar-refractivity contribution in [3.05, 3.63) is 47.2 Å². The first-order valence-corrected chi connectivity index (χ1v) is 7.47. The lowest BCUT2D eigenvalue weighted by atomic mass is 9.76. The van der Waals surface area contributed by atoms with Crippen LogP contribution in [0.5, 0.6) is 0 Å². The molecule has 2 atom stereocenters. The zero-order valence-corrected chi connectivity index (χ0v) is 12.5. The van der Waals surface area contributed by atoms with Gasteiger partial charge < -0.3 is 5.73 Å². The Bertz CT molecular complexity index is 767. The summed E-state index contributed by atoms with van der Waals surface area (Å²) < 4.78 is 27.9. The molecule has 2 aliphatic carbocycles. The number of nitrogens with two attached hydrogens (primary N) is 1. The predicted molar refractivity (Wildman–Crippen MR) is 79.0 cm³/mol. The van der Waals surface area contributed by atoms with Crippen LogP contribution in [0.1, 0.15) is 43.9 Å². The Hall–Kier alpha value is -1.88. The summed E-state index contributed by atoms with van der Waals surface area (Å²) in [6.45, 7) is 4.27. The van der Waals surface area contributed by atoms with Gasteiger partial charge in [0.25, 0.3) is 0 Å². The van der Waals surface area contributed by atoms with Gasteiger partial charge in [0.15, 0.2) is 0 Å². The van der Waals surface area contributed by atoms with Crippen molar-refractivity contribution in [2.45, 2.75) is 38.1 Å². The summed E-state index contributed by atoms with van der Waals surface area (Å²) in [5.74, 6) is -0.991. The Morgan fingerprint density at radius 1 is 1.18 bits per heavy atom. The summed E-state index contributed by atoms with van der Waals surface area (Å²) in [4.78, 5) is 0. The number of fused-ring (bicyclic) bond motifs is 5. The number of nitrogens with zero attached hydrogens (tertiary/aromatic N) is 2. The van der Waals surface area contributed by atoms with Crippen molar-refractivity contribution in [3.63, 3.8) is 0 Å². The Kier molecular flexibility index (Phi) is 2.57. The van der Waals surface area contributed by atoms with E-state index in [1.165, 1.54) is 18.2 Å². The molecule has 0 spiro atoms. The lowest BCUT2D eigenvalue weighted by Gasteiger charge is -2.33. The summed E-state index contributed by atoms with van der Waals surface area (Å²) in [6.07, 6.45) is 1.85. The van der Waals surface area contributed by atoms with E-state index in [2.05, 4.69) is 24.0 Å². The summed E-state index contributed by atoms with van der Waals surface area (Å²) in [5, 5.41) is 8.32. The van der Waals surface area contributed by atoms with Gasteiger partial charge in [-0.2, -0.15) is 5.10 Å². The molecule has 2 aliphatic rings. The highest BCUT2D eigenvalue weighted by molar-refractivity contribution is 5.63. The minimum Gasteiger partial charge on any atom is -0.320 e. The normalized spacial score (nSPS) is 28.0. The van der Waals surface area contributed by atoms with Crippen LogP contribution in [0.15, 0.2) is 24.3 Å². The van der Waals surface area contributed by atoms with Crippen molar-refractivity contribution in [3.8, 4) is 11.3 Å². The quantitative estimate of drug-likeness (QED) is 0.877. The van der Waals surface area contributed by atoms with Crippen LogP contribution < -0.4 is 5.73 Å². The molecule has 0 aliphatic heterocycles. The molecular formula is C17H17F2N3. The highest BCUT2D eigenvalue weighted by atomic mass is 19.1. The molecule has 1 aromatic heterocycles. The fourth-order valence-electron chi connectivity index (χ4n) is 4.22. The topological polar surface area (TPSA) is 51.8 Å². The molecule has 1 saturated carbocycles. The molecule has 1 aromatic carbocycles. The maximum absolute atomic E-state index is 14.0. The van der Waals surface area contributed by atoms with Gasteiger partial charge in [0.1, 0.15) is 11.6 Å². The standard InChI is InChI=1S/C17H17F2N3/c1-16(2)10-6-7-17(16,20)15-9(10)8-13(21-22-15)14-11(18)4-3-5-12(14)19/h3-5,8,10H,6-7,20H2,1-2H3/t10-,17-/m1/s1. The molecule has 22 heavy (non-hydrogen) atoms. The number of rotatable bonds is 1. The van der Waals surface area contributed by atoms with E-state index in [9.17, 15) is 8.78 Å². The minimum absolute atomic E-state index is 0.115. The van der Waals surface area contributed by atoms with Crippen molar-refractivity contribution in [1.29, 1.82) is 0 Å². The predicted octanol–water partition coefficient (Wildman–Crippen LogP) is 3.49. The van der Waals surface area contributed by atoms with E-state index in [1.807, 2.05) is 0 Å². The first-order valence-electron chi connectivity index (χ1n) is 7.47. The number of hydrogen-bond acceptors (Lipinski definition) is 3. The van der Waals surface area contributed by atoms with E-state index >= 15 is 0 Å². The van der Waals surface area contributed by atoms with E-state index in [1.54, 1.807) is 6.07 Å². The molecule has 0 unspecified atom stereocenters. The molecular weight excluding hydrogens is 284 g/mol. The maximum Gasteiger partial charge on any atom is 0.135 e. The molecule has 4 rings (SSSR count). The Morgan fingerprint density at radius 3 is 2.55 bits per heavy atom. The van der Waals surface area contributed by atoms with E-state index in [4.69, 9.17) is 5.73 Å². The molecule has 0 amide bonds.